The van der Waals surface area contributed by atoms with Gasteiger partial charge in [-0.25, -0.2) is 9.67 Å². The van der Waals surface area contributed by atoms with Gasteiger partial charge < -0.3 is 4.90 Å². The van der Waals surface area contributed by atoms with Crippen LogP contribution in [0.25, 0.3) is 5.69 Å². The highest BCUT2D eigenvalue weighted by molar-refractivity contribution is 5.92. The third-order valence-corrected chi connectivity index (χ3v) is 4.40. The molecule has 0 aliphatic heterocycles. The van der Waals surface area contributed by atoms with Crippen LogP contribution in [0.3, 0.4) is 0 Å². The van der Waals surface area contributed by atoms with E-state index in [2.05, 4.69) is 34.1 Å². The Balaban J connectivity index is 1.74. The molecule has 0 aliphatic rings. The number of hydrogen-bond donors (Lipinski definition) is 1. The Hall–Kier alpha value is -2.96. The smallest absolute Gasteiger partial charge is 0.274 e. The molecular weight excluding hydrogens is 316 g/mol. The lowest BCUT2D eigenvalue weighted by atomic mass is 10.1. The fourth-order valence-electron chi connectivity index (χ4n) is 2.57. The molecule has 3 rings (SSSR count). The van der Waals surface area contributed by atoms with Gasteiger partial charge in [0, 0.05) is 12.7 Å². The number of hydrogen-bond acceptors (Lipinski definition) is 4. The Labute approximate surface area is 146 Å². The summed E-state index contributed by atoms with van der Waals surface area (Å²) in [5.74, 6) is 0.206. The molecule has 25 heavy (non-hydrogen) atoms. The maximum atomic E-state index is 12.7. The predicted molar refractivity (Wildman–Crippen MR) is 94.5 cm³/mol. The second kappa shape index (κ2) is 6.88. The van der Waals surface area contributed by atoms with Crippen LogP contribution in [-0.4, -0.2) is 42.8 Å². The topological polar surface area (TPSA) is 79.7 Å². The summed E-state index contributed by atoms with van der Waals surface area (Å²) in [6.07, 6.45) is 3.15. The van der Waals surface area contributed by atoms with Gasteiger partial charge in [0.1, 0.15) is 18.3 Å². The van der Waals surface area contributed by atoms with E-state index < -0.39 is 0 Å². The van der Waals surface area contributed by atoms with Crippen molar-refractivity contribution >= 4 is 5.91 Å². The highest BCUT2D eigenvalue weighted by Crippen LogP contribution is 2.22. The lowest BCUT2D eigenvalue weighted by Crippen LogP contribution is -2.30. The molecule has 0 spiro atoms. The molecule has 0 saturated heterocycles. The zero-order valence-electron chi connectivity index (χ0n) is 14.8. The van der Waals surface area contributed by atoms with E-state index in [9.17, 15) is 4.79 Å². The van der Waals surface area contributed by atoms with Crippen LogP contribution in [0.15, 0.2) is 43.0 Å². The minimum absolute atomic E-state index is 0.0727. The molecule has 7 heteroatoms. The molecule has 0 aliphatic carbocycles. The standard InChI is InChI=1S/C18H22N6O/c1-12(2)16-9-17(22-21-16)18(25)23(4)13(3)14-5-7-15(8-6-14)24-11-19-10-20-24/h5-13H,1-4H3,(H,21,22). The lowest BCUT2D eigenvalue weighted by Gasteiger charge is -2.24. The first kappa shape index (κ1) is 16.9. The van der Waals surface area contributed by atoms with Gasteiger partial charge in [0.05, 0.1) is 11.7 Å². The molecule has 1 atom stereocenters. The zero-order valence-corrected chi connectivity index (χ0v) is 14.8. The quantitative estimate of drug-likeness (QED) is 0.775. The Bertz CT molecular complexity index is 835. The van der Waals surface area contributed by atoms with E-state index in [1.807, 2.05) is 37.3 Å². The monoisotopic (exact) mass is 338 g/mol. The SMILES string of the molecule is CC(C)c1cc(C(=O)N(C)C(C)c2ccc(-n3cncn3)cc2)n[nH]1. The molecule has 1 aromatic carbocycles. The molecule has 0 radical (unpaired) electrons. The van der Waals surface area contributed by atoms with Gasteiger partial charge in [0.25, 0.3) is 5.91 Å². The number of amides is 1. The highest BCUT2D eigenvalue weighted by Gasteiger charge is 2.21. The van der Waals surface area contributed by atoms with Crippen LogP contribution < -0.4 is 0 Å². The number of aromatic amines is 1. The molecule has 0 bridgehead atoms. The van der Waals surface area contributed by atoms with Crippen molar-refractivity contribution < 1.29 is 4.79 Å². The summed E-state index contributed by atoms with van der Waals surface area (Å²) in [6, 6.07) is 9.67. The van der Waals surface area contributed by atoms with Crippen molar-refractivity contribution in [2.24, 2.45) is 0 Å². The van der Waals surface area contributed by atoms with Gasteiger partial charge in [-0.05, 0) is 36.6 Å². The Morgan fingerprint density at radius 2 is 1.92 bits per heavy atom. The number of carbonyl (C=O) groups is 1. The molecule has 2 aromatic heterocycles. The van der Waals surface area contributed by atoms with Gasteiger partial charge in [0.15, 0.2) is 0 Å². The molecule has 1 amide bonds. The molecule has 7 nitrogen and oxygen atoms in total. The fraction of sp³-hybridized carbons (Fsp3) is 0.333. The van der Waals surface area contributed by atoms with Crippen molar-refractivity contribution in [1.29, 1.82) is 0 Å². The number of nitrogens with one attached hydrogen (secondary N) is 1. The van der Waals surface area contributed by atoms with Crippen LogP contribution in [0.2, 0.25) is 0 Å². The third kappa shape index (κ3) is 3.45. The van der Waals surface area contributed by atoms with Crippen LogP contribution in [0, 0.1) is 0 Å². The summed E-state index contributed by atoms with van der Waals surface area (Å²) in [4.78, 5) is 18.3. The van der Waals surface area contributed by atoms with Crippen LogP contribution in [0.5, 0.6) is 0 Å². The van der Waals surface area contributed by atoms with Crippen LogP contribution >= 0.6 is 0 Å². The van der Waals surface area contributed by atoms with E-state index in [1.54, 1.807) is 23.0 Å². The van der Waals surface area contributed by atoms with Crippen molar-refractivity contribution in [2.45, 2.75) is 32.7 Å². The van der Waals surface area contributed by atoms with Crippen molar-refractivity contribution in [3.05, 3.63) is 59.9 Å². The maximum absolute atomic E-state index is 12.7. The van der Waals surface area contributed by atoms with Crippen molar-refractivity contribution in [3.63, 3.8) is 0 Å². The highest BCUT2D eigenvalue weighted by atomic mass is 16.2. The van der Waals surface area contributed by atoms with E-state index >= 15 is 0 Å². The van der Waals surface area contributed by atoms with Gasteiger partial charge in [-0.1, -0.05) is 26.0 Å². The normalized spacial score (nSPS) is 12.4. The van der Waals surface area contributed by atoms with Crippen molar-refractivity contribution in [1.82, 2.24) is 29.9 Å². The van der Waals surface area contributed by atoms with Gasteiger partial charge in [-0.3, -0.25) is 9.89 Å². The Kier molecular flexibility index (Phi) is 4.65. The summed E-state index contributed by atoms with van der Waals surface area (Å²) >= 11 is 0. The molecule has 1 N–H and O–H groups in total. The summed E-state index contributed by atoms with van der Waals surface area (Å²) in [5, 5.41) is 11.2. The maximum Gasteiger partial charge on any atom is 0.274 e. The van der Waals surface area contributed by atoms with Gasteiger partial charge in [-0.2, -0.15) is 10.2 Å². The lowest BCUT2D eigenvalue weighted by molar-refractivity contribution is 0.0736. The molecule has 3 aromatic rings. The van der Waals surface area contributed by atoms with Gasteiger partial charge in [0.2, 0.25) is 0 Å². The van der Waals surface area contributed by atoms with Crippen LogP contribution in [0.1, 0.15) is 54.5 Å². The number of rotatable bonds is 5. The molecule has 0 saturated carbocycles. The van der Waals surface area contributed by atoms with E-state index in [-0.39, 0.29) is 11.9 Å². The van der Waals surface area contributed by atoms with E-state index in [4.69, 9.17) is 0 Å². The molecule has 1 unspecified atom stereocenters. The number of H-pyrrole nitrogens is 1. The average molecular weight is 338 g/mol. The number of aromatic nitrogens is 5. The van der Waals surface area contributed by atoms with Crippen molar-refractivity contribution in [3.8, 4) is 5.69 Å². The Morgan fingerprint density at radius 3 is 2.48 bits per heavy atom. The van der Waals surface area contributed by atoms with Crippen LogP contribution in [0.4, 0.5) is 0 Å². The van der Waals surface area contributed by atoms with Gasteiger partial charge >= 0.3 is 0 Å². The minimum Gasteiger partial charge on any atom is -0.334 e. The summed E-state index contributed by atoms with van der Waals surface area (Å²) in [7, 11) is 1.79. The third-order valence-electron chi connectivity index (χ3n) is 4.40. The summed E-state index contributed by atoms with van der Waals surface area (Å²) in [6.45, 7) is 6.12. The second-order valence-electron chi connectivity index (χ2n) is 6.39. The Morgan fingerprint density at radius 1 is 1.20 bits per heavy atom. The fourth-order valence-corrected chi connectivity index (χ4v) is 2.57. The molecular formula is C18H22N6O. The second-order valence-corrected chi connectivity index (χ2v) is 6.39. The molecule has 2 heterocycles. The van der Waals surface area contributed by atoms with E-state index in [0.717, 1.165) is 16.9 Å². The minimum atomic E-state index is -0.101. The predicted octanol–water partition coefficient (Wildman–Crippen LogP) is 2.95. The van der Waals surface area contributed by atoms with Crippen molar-refractivity contribution in [2.75, 3.05) is 7.05 Å². The van der Waals surface area contributed by atoms with Crippen LogP contribution in [-0.2, 0) is 0 Å². The number of carbonyl (C=O) groups excluding carboxylic acids is 1. The number of benzene rings is 1. The first-order chi connectivity index (χ1) is 12.0. The largest absolute Gasteiger partial charge is 0.334 e. The first-order valence-electron chi connectivity index (χ1n) is 8.24. The summed E-state index contributed by atoms with van der Waals surface area (Å²) in [5.41, 5.74) is 3.37. The first-order valence-corrected chi connectivity index (χ1v) is 8.24. The zero-order chi connectivity index (χ0) is 18.0. The number of nitrogens with zero attached hydrogens (tertiary/aromatic N) is 5. The van der Waals surface area contributed by atoms with E-state index in [1.165, 1.54) is 6.33 Å². The van der Waals surface area contributed by atoms with Gasteiger partial charge in [-0.15, -0.1) is 0 Å². The average Bonchev–Trinajstić information content (AvgIpc) is 3.31. The molecule has 130 valence electrons. The van der Waals surface area contributed by atoms with E-state index in [0.29, 0.717) is 11.6 Å². The summed E-state index contributed by atoms with van der Waals surface area (Å²) < 4.78 is 1.69. The molecule has 0 fully saturated rings.